The summed E-state index contributed by atoms with van der Waals surface area (Å²) in [6.45, 7) is 6.16. The Kier molecular flexibility index (Phi) is 6.56. The molecular formula is C27H36F2. The first-order chi connectivity index (χ1) is 14.1. The molecule has 0 N–H and O–H groups in total. The third-order valence-corrected chi connectivity index (χ3v) is 8.16. The lowest BCUT2D eigenvalue weighted by atomic mass is 9.70. The van der Waals surface area contributed by atoms with Gasteiger partial charge in [-0.15, -0.1) is 6.58 Å². The highest BCUT2D eigenvalue weighted by Gasteiger charge is 2.31. The van der Waals surface area contributed by atoms with Gasteiger partial charge in [-0.05, 0) is 98.0 Å². The fourth-order valence-electron chi connectivity index (χ4n) is 6.09. The molecule has 2 unspecified atom stereocenters. The Morgan fingerprint density at radius 1 is 0.759 bits per heavy atom. The second-order valence-corrected chi connectivity index (χ2v) is 9.97. The van der Waals surface area contributed by atoms with Gasteiger partial charge in [0.15, 0.2) is 11.6 Å². The zero-order valence-electron chi connectivity index (χ0n) is 17.9. The molecular weight excluding hydrogens is 362 g/mol. The predicted molar refractivity (Wildman–Crippen MR) is 117 cm³/mol. The molecule has 4 rings (SSSR count). The van der Waals surface area contributed by atoms with Crippen molar-refractivity contribution in [1.82, 2.24) is 0 Å². The van der Waals surface area contributed by atoms with Crippen molar-refractivity contribution in [3.63, 3.8) is 0 Å². The minimum absolute atomic E-state index is 0.176. The van der Waals surface area contributed by atoms with Crippen molar-refractivity contribution in [2.24, 2.45) is 23.7 Å². The first-order valence-electron chi connectivity index (χ1n) is 11.9. The molecule has 0 spiro atoms. The summed E-state index contributed by atoms with van der Waals surface area (Å²) in [5.41, 5.74) is 1.25. The van der Waals surface area contributed by atoms with Crippen LogP contribution in [-0.2, 0) is 0 Å². The third-order valence-electron chi connectivity index (χ3n) is 8.16. The Morgan fingerprint density at radius 3 is 1.79 bits per heavy atom. The van der Waals surface area contributed by atoms with Crippen LogP contribution in [0.3, 0.4) is 0 Å². The molecule has 0 aliphatic heterocycles. The van der Waals surface area contributed by atoms with Gasteiger partial charge < -0.3 is 0 Å². The van der Waals surface area contributed by atoms with E-state index < -0.39 is 11.6 Å². The van der Waals surface area contributed by atoms with Crippen LogP contribution in [0.2, 0.25) is 0 Å². The minimum atomic E-state index is -0.560. The van der Waals surface area contributed by atoms with Crippen molar-refractivity contribution < 1.29 is 8.78 Å². The van der Waals surface area contributed by atoms with Crippen LogP contribution in [0.5, 0.6) is 0 Å². The molecule has 0 amide bonds. The highest BCUT2D eigenvalue weighted by atomic mass is 19.2. The molecule has 29 heavy (non-hydrogen) atoms. The summed E-state index contributed by atoms with van der Waals surface area (Å²) in [6, 6.07) is 3.81. The number of hydrogen-bond acceptors (Lipinski definition) is 0. The van der Waals surface area contributed by atoms with E-state index in [0.29, 0.717) is 28.9 Å². The first kappa shape index (κ1) is 20.8. The van der Waals surface area contributed by atoms with Gasteiger partial charge in [-0.1, -0.05) is 50.1 Å². The van der Waals surface area contributed by atoms with E-state index in [1.807, 2.05) is 18.2 Å². The van der Waals surface area contributed by atoms with Gasteiger partial charge in [-0.3, -0.25) is 0 Å². The first-order valence-corrected chi connectivity index (χ1v) is 11.9. The van der Waals surface area contributed by atoms with E-state index in [-0.39, 0.29) is 11.8 Å². The van der Waals surface area contributed by atoms with E-state index in [1.165, 1.54) is 12.8 Å². The van der Waals surface area contributed by atoms with Crippen LogP contribution < -0.4 is 0 Å². The topological polar surface area (TPSA) is 0 Å². The van der Waals surface area contributed by atoms with Gasteiger partial charge in [0.1, 0.15) is 0 Å². The summed E-state index contributed by atoms with van der Waals surface area (Å²) in [6.07, 6.45) is 17.6. The molecule has 3 aliphatic rings. The number of rotatable bonds is 4. The summed E-state index contributed by atoms with van der Waals surface area (Å²) in [7, 11) is 0. The highest BCUT2D eigenvalue weighted by Crippen LogP contribution is 2.44. The van der Waals surface area contributed by atoms with Crippen molar-refractivity contribution in [3.8, 4) is 0 Å². The van der Waals surface area contributed by atoms with Crippen LogP contribution in [-0.4, -0.2) is 0 Å². The Bertz CT molecular complexity index is 733. The predicted octanol–water partition coefficient (Wildman–Crippen LogP) is 8.30. The maximum atomic E-state index is 15.0. The number of hydrogen-bond donors (Lipinski definition) is 0. The molecule has 2 fully saturated rings. The van der Waals surface area contributed by atoms with E-state index >= 15 is 4.39 Å². The summed E-state index contributed by atoms with van der Waals surface area (Å²) in [5.74, 6) is 1.86. The smallest absolute Gasteiger partial charge is 0.162 e. The van der Waals surface area contributed by atoms with Gasteiger partial charge in [0.25, 0.3) is 0 Å². The van der Waals surface area contributed by atoms with Crippen molar-refractivity contribution >= 4 is 0 Å². The molecule has 0 nitrogen and oxygen atoms in total. The fourth-order valence-corrected chi connectivity index (χ4v) is 6.09. The van der Waals surface area contributed by atoms with Crippen LogP contribution in [0, 0.1) is 35.3 Å². The van der Waals surface area contributed by atoms with E-state index in [2.05, 4.69) is 25.7 Å². The zero-order valence-corrected chi connectivity index (χ0v) is 17.9. The zero-order chi connectivity index (χ0) is 20.4. The second kappa shape index (κ2) is 9.14. The Labute approximate surface area is 175 Å². The van der Waals surface area contributed by atoms with Gasteiger partial charge in [-0.2, -0.15) is 0 Å². The van der Waals surface area contributed by atoms with Crippen LogP contribution in [0.25, 0.3) is 0 Å². The molecule has 1 aromatic carbocycles. The van der Waals surface area contributed by atoms with Crippen molar-refractivity contribution in [2.75, 3.05) is 0 Å². The molecule has 2 heteroatoms. The van der Waals surface area contributed by atoms with Gasteiger partial charge in [0, 0.05) is 0 Å². The van der Waals surface area contributed by atoms with E-state index in [4.69, 9.17) is 0 Å². The van der Waals surface area contributed by atoms with Gasteiger partial charge >= 0.3 is 0 Å². The fraction of sp³-hybridized carbons (Fsp3) is 0.630. The summed E-state index contributed by atoms with van der Waals surface area (Å²) in [5, 5.41) is 0. The van der Waals surface area contributed by atoms with Crippen molar-refractivity contribution in [1.29, 1.82) is 0 Å². The lowest BCUT2D eigenvalue weighted by Gasteiger charge is -2.35. The van der Waals surface area contributed by atoms with Gasteiger partial charge in [0.05, 0.1) is 0 Å². The number of allylic oxidation sites excluding steroid dienone is 3. The average Bonchev–Trinajstić information content (AvgIpc) is 2.77. The van der Waals surface area contributed by atoms with Gasteiger partial charge in [-0.25, -0.2) is 8.78 Å². The second-order valence-electron chi connectivity index (χ2n) is 9.97. The standard InChI is InChI=1S/C27H36F2/c1-3-19-6-10-20(11-7-19)21-12-14-23(15-13-21)25-17-16-24(26(28)27(25)29)22-8-4-18(2)5-9-22/h3,6,10,16-23H,1,4-5,7-9,11-15H2,2H3. The third kappa shape index (κ3) is 4.52. The molecule has 0 heterocycles. The monoisotopic (exact) mass is 398 g/mol. The Morgan fingerprint density at radius 2 is 1.31 bits per heavy atom. The lowest BCUT2D eigenvalue weighted by Crippen LogP contribution is -2.23. The Hall–Kier alpha value is -1.44. The molecule has 0 radical (unpaired) electrons. The van der Waals surface area contributed by atoms with Crippen LogP contribution >= 0.6 is 0 Å². The quantitative estimate of drug-likeness (QED) is 0.447. The molecule has 0 aromatic heterocycles. The van der Waals surface area contributed by atoms with Crippen LogP contribution in [0.15, 0.2) is 36.9 Å². The molecule has 0 saturated heterocycles. The molecule has 2 atom stereocenters. The van der Waals surface area contributed by atoms with E-state index in [0.717, 1.165) is 57.3 Å². The molecule has 158 valence electrons. The molecule has 0 bridgehead atoms. The summed E-state index contributed by atoms with van der Waals surface area (Å²) in [4.78, 5) is 0. The minimum Gasteiger partial charge on any atom is -0.203 e. The SMILES string of the molecule is C=CC1C=CC(C2CCC(c3ccc(C4CCC(C)CC4)c(F)c3F)CC2)CC1. The Balaban J connectivity index is 1.40. The molecule has 3 aliphatic carbocycles. The van der Waals surface area contributed by atoms with Crippen LogP contribution in [0.4, 0.5) is 8.78 Å². The largest absolute Gasteiger partial charge is 0.203 e. The summed E-state index contributed by atoms with van der Waals surface area (Å²) >= 11 is 0. The van der Waals surface area contributed by atoms with E-state index in [9.17, 15) is 4.39 Å². The van der Waals surface area contributed by atoms with Crippen molar-refractivity contribution in [2.45, 2.75) is 83.0 Å². The molecule has 2 saturated carbocycles. The van der Waals surface area contributed by atoms with Crippen molar-refractivity contribution in [3.05, 3.63) is 59.7 Å². The highest BCUT2D eigenvalue weighted by molar-refractivity contribution is 5.32. The van der Waals surface area contributed by atoms with Gasteiger partial charge in [0.2, 0.25) is 0 Å². The molecule has 1 aromatic rings. The lowest BCUT2D eigenvalue weighted by molar-refractivity contribution is 0.242. The van der Waals surface area contributed by atoms with E-state index in [1.54, 1.807) is 0 Å². The average molecular weight is 399 g/mol. The summed E-state index contributed by atoms with van der Waals surface area (Å²) < 4.78 is 30.0. The van der Waals surface area contributed by atoms with Crippen LogP contribution in [0.1, 0.15) is 94.1 Å². The maximum absolute atomic E-state index is 15.0. The number of halogens is 2. The maximum Gasteiger partial charge on any atom is 0.162 e. The normalized spacial score (nSPS) is 35.4. The number of benzene rings is 1.